The van der Waals surface area contributed by atoms with E-state index in [-0.39, 0.29) is 0 Å². The second-order valence-corrected chi connectivity index (χ2v) is 4.73. The van der Waals surface area contributed by atoms with Gasteiger partial charge in [-0.3, -0.25) is 0 Å². The predicted octanol–water partition coefficient (Wildman–Crippen LogP) is 2.05. The first-order valence-corrected chi connectivity index (χ1v) is 7.06. The smallest absolute Gasteiger partial charge is 0.115 e. The molecule has 2 rings (SSSR count). The van der Waals surface area contributed by atoms with Crippen LogP contribution < -0.4 is 11.1 Å². The molecule has 2 aromatic carbocycles. The van der Waals surface area contributed by atoms with E-state index in [1.807, 2.05) is 31.3 Å². The molecule has 0 spiro atoms. The summed E-state index contributed by atoms with van der Waals surface area (Å²) in [5.74, 6) is 0.638. The van der Waals surface area contributed by atoms with Crippen LogP contribution in [0.3, 0.4) is 0 Å². The molecule has 0 aliphatic heterocycles. The molecule has 0 heterocycles. The van der Waals surface area contributed by atoms with E-state index in [4.69, 9.17) is 15.9 Å². The summed E-state index contributed by atoms with van der Waals surface area (Å²) in [5.41, 5.74) is 7.75. The number of benzene rings is 2. The molecule has 0 atom stereocenters. The Morgan fingerprint density at radius 2 is 1.24 bits per heavy atom. The van der Waals surface area contributed by atoms with Gasteiger partial charge in [0.25, 0.3) is 0 Å². The Labute approximate surface area is 126 Å². The summed E-state index contributed by atoms with van der Waals surface area (Å²) < 4.78 is 0. The van der Waals surface area contributed by atoms with Crippen molar-refractivity contribution in [1.82, 2.24) is 5.32 Å². The molecule has 0 radical (unpaired) electrons. The second-order valence-electron chi connectivity index (χ2n) is 4.73. The Balaban J connectivity index is 0.000000211. The molecule has 0 aromatic heterocycles. The van der Waals surface area contributed by atoms with E-state index < -0.39 is 0 Å². The summed E-state index contributed by atoms with van der Waals surface area (Å²) in [6.07, 6.45) is 1.89. The van der Waals surface area contributed by atoms with Crippen molar-refractivity contribution in [1.29, 1.82) is 0 Å². The van der Waals surface area contributed by atoms with E-state index in [1.54, 1.807) is 24.3 Å². The lowest BCUT2D eigenvalue weighted by molar-refractivity contribution is 0.474. The molecule has 0 amide bonds. The van der Waals surface area contributed by atoms with Crippen molar-refractivity contribution in [3.8, 4) is 11.5 Å². The first-order chi connectivity index (χ1) is 10.2. The second kappa shape index (κ2) is 9.80. The van der Waals surface area contributed by atoms with Crippen molar-refractivity contribution >= 4 is 0 Å². The van der Waals surface area contributed by atoms with Crippen LogP contribution in [0.15, 0.2) is 48.5 Å². The molecule has 0 saturated heterocycles. The molecule has 5 N–H and O–H groups in total. The predicted molar refractivity (Wildman–Crippen MR) is 86.6 cm³/mol. The third-order valence-electron chi connectivity index (χ3n) is 2.97. The van der Waals surface area contributed by atoms with Crippen molar-refractivity contribution in [2.75, 3.05) is 20.1 Å². The van der Waals surface area contributed by atoms with Gasteiger partial charge in [0, 0.05) is 0 Å². The molecule has 2 aromatic rings. The van der Waals surface area contributed by atoms with E-state index in [0.717, 1.165) is 19.4 Å². The standard InChI is InChI=1S/C9H13NO.C8H11NO/c1-10-7-6-8-2-4-9(11)5-3-8;9-6-5-7-1-3-8(10)4-2-7/h2-5,10-11H,6-7H2,1H3;1-4,10H,5-6,9H2. The number of nitrogens with two attached hydrogens (primary N) is 1. The highest BCUT2D eigenvalue weighted by atomic mass is 16.3. The van der Waals surface area contributed by atoms with Gasteiger partial charge in [-0.05, 0) is 68.4 Å². The van der Waals surface area contributed by atoms with Crippen molar-refractivity contribution in [3.05, 3.63) is 59.7 Å². The van der Waals surface area contributed by atoms with Gasteiger partial charge < -0.3 is 21.3 Å². The number of rotatable bonds is 5. The minimum atomic E-state index is 0.306. The van der Waals surface area contributed by atoms with Gasteiger partial charge in [-0.25, -0.2) is 0 Å². The average molecular weight is 288 g/mol. The molecule has 0 fully saturated rings. The Morgan fingerprint density at radius 3 is 1.62 bits per heavy atom. The molecule has 0 aliphatic carbocycles. The van der Waals surface area contributed by atoms with Crippen LogP contribution in [0.25, 0.3) is 0 Å². The van der Waals surface area contributed by atoms with E-state index in [2.05, 4.69) is 5.32 Å². The lowest BCUT2D eigenvalue weighted by Gasteiger charge is -1.99. The van der Waals surface area contributed by atoms with Gasteiger partial charge in [0.15, 0.2) is 0 Å². The molecule has 0 saturated carbocycles. The van der Waals surface area contributed by atoms with Gasteiger partial charge in [0.2, 0.25) is 0 Å². The van der Waals surface area contributed by atoms with Crippen molar-refractivity contribution < 1.29 is 10.2 Å². The van der Waals surface area contributed by atoms with E-state index in [1.165, 1.54) is 11.1 Å². The number of nitrogens with one attached hydrogen (secondary N) is 1. The monoisotopic (exact) mass is 288 g/mol. The molecule has 0 unspecified atom stereocenters. The summed E-state index contributed by atoms with van der Waals surface area (Å²) in [7, 11) is 1.93. The van der Waals surface area contributed by atoms with E-state index >= 15 is 0 Å². The van der Waals surface area contributed by atoms with Crippen molar-refractivity contribution in [2.24, 2.45) is 5.73 Å². The maximum absolute atomic E-state index is 8.97. The summed E-state index contributed by atoms with van der Waals surface area (Å²) in [6, 6.07) is 14.4. The highest BCUT2D eigenvalue weighted by Crippen LogP contribution is 2.09. The molecule has 21 heavy (non-hydrogen) atoms. The summed E-state index contributed by atoms with van der Waals surface area (Å²) in [5, 5.41) is 20.9. The number of aromatic hydroxyl groups is 2. The van der Waals surface area contributed by atoms with E-state index in [0.29, 0.717) is 18.0 Å². The Kier molecular flexibility index (Phi) is 7.94. The maximum Gasteiger partial charge on any atom is 0.115 e. The Bertz CT molecular complexity index is 495. The fraction of sp³-hybridized carbons (Fsp3) is 0.294. The molecule has 114 valence electrons. The van der Waals surface area contributed by atoms with Crippen LogP contribution in [0.2, 0.25) is 0 Å². The van der Waals surface area contributed by atoms with Crippen molar-refractivity contribution in [3.63, 3.8) is 0 Å². The minimum absolute atomic E-state index is 0.306. The summed E-state index contributed by atoms with van der Waals surface area (Å²) in [4.78, 5) is 0. The van der Waals surface area contributed by atoms with Crippen LogP contribution in [0.4, 0.5) is 0 Å². The molecule has 4 heteroatoms. The summed E-state index contributed by atoms with van der Waals surface area (Å²) in [6.45, 7) is 1.63. The third-order valence-corrected chi connectivity index (χ3v) is 2.97. The summed E-state index contributed by atoms with van der Waals surface area (Å²) >= 11 is 0. The average Bonchev–Trinajstić information content (AvgIpc) is 2.50. The first kappa shape index (κ1) is 17.0. The largest absolute Gasteiger partial charge is 0.508 e. The number of likely N-dealkylation sites (N-methyl/N-ethyl adjacent to an activating group) is 1. The van der Waals surface area contributed by atoms with Gasteiger partial charge in [-0.15, -0.1) is 0 Å². The lowest BCUT2D eigenvalue weighted by atomic mass is 10.1. The normalized spacial score (nSPS) is 9.81. The molecular weight excluding hydrogens is 264 g/mol. The zero-order chi connectivity index (χ0) is 15.5. The third kappa shape index (κ3) is 7.34. The van der Waals surface area contributed by atoms with E-state index in [9.17, 15) is 0 Å². The van der Waals surface area contributed by atoms with Crippen LogP contribution in [0, 0.1) is 0 Å². The fourth-order valence-corrected chi connectivity index (χ4v) is 1.76. The quantitative estimate of drug-likeness (QED) is 0.679. The van der Waals surface area contributed by atoms with Crippen LogP contribution in [0.1, 0.15) is 11.1 Å². The highest BCUT2D eigenvalue weighted by molar-refractivity contribution is 5.26. The van der Waals surface area contributed by atoms with Gasteiger partial charge in [-0.2, -0.15) is 0 Å². The number of hydrogen-bond donors (Lipinski definition) is 4. The van der Waals surface area contributed by atoms with Gasteiger partial charge in [-0.1, -0.05) is 24.3 Å². The Hall–Kier alpha value is -2.04. The van der Waals surface area contributed by atoms with Crippen LogP contribution >= 0.6 is 0 Å². The zero-order valence-electron chi connectivity index (χ0n) is 12.4. The van der Waals surface area contributed by atoms with Crippen molar-refractivity contribution in [2.45, 2.75) is 12.8 Å². The van der Waals surface area contributed by atoms with Crippen LogP contribution in [0.5, 0.6) is 11.5 Å². The maximum atomic E-state index is 8.97. The number of phenols is 2. The first-order valence-electron chi connectivity index (χ1n) is 7.06. The van der Waals surface area contributed by atoms with Crippen LogP contribution in [-0.2, 0) is 12.8 Å². The zero-order valence-corrected chi connectivity index (χ0v) is 12.4. The minimum Gasteiger partial charge on any atom is -0.508 e. The fourth-order valence-electron chi connectivity index (χ4n) is 1.76. The lowest BCUT2D eigenvalue weighted by Crippen LogP contribution is -2.09. The van der Waals surface area contributed by atoms with Gasteiger partial charge in [0.1, 0.15) is 11.5 Å². The molecule has 0 bridgehead atoms. The molecular formula is C17H24N2O2. The SMILES string of the molecule is CNCCc1ccc(O)cc1.NCCc1ccc(O)cc1. The highest BCUT2D eigenvalue weighted by Gasteiger charge is 1.91. The Morgan fingerprint density at radius 1 is 0.810 bits per heavy atom. The van der Waals surface area contributed by atoms with Gasteiger partial charge in [0.05, 0.1) is 0 Å². The van der Waals surface area contributed by atoms with Crippen LogP contribution in [-0.4, -0.2) is 30.4 Å². The van der Waals surface area contributed by atoms with Gasteiger partial charge >= 0.3 is 0 Å². The molecule has 0 aliphatic rings. The number of phenolic OH excluding ortho intramolecular Hbond substituents is 2. The molecule has 4 nitrogen and oxygen atoms in total. The topological polar surface area (TPSA) is 78.5 Å². The number of hydrogen-bond acceptors (Lipinski definition) is 4.